The minimum atomic E-state index is 0.0340. The molecule has 1 amide bonds. The molecule has 0 aliphatic carbocycles. The van der Waals surface area contributed by atoms with Gasteiger partial charge in [-0.1, -0.05) is 6.92 Å². The van der Waals surface area contributed by atoms with Crippen LogP contribution in [-0.2, 0) is 9.53 Å². The van der Waals surface area contributed by atoms with E-state index in [1.165, 1.54) is 0 Å². The number of nitrogens with one attached hydrogen (secondary N) is 1. The minimum absolute atomic E-state index is 0.0340. The number of likely N-dealkylation sites (tertiary alicyclic amines) is 1. The molecule has 1 unspecified atom stereocenters. The minimum Gasteiger partial charge on any atom is -0.378 e. The molecule has 0 spiro atoms. The van der Waals surface area contributed by atoms with Crippen molar-refractivity contribution in [2.75, 3.05) is 53.5 Å². The van der Waals surface area contributed by atoms with Crippen LogP contribution in [0.15, 0.2) is 0 Å². The molecule has 1 atom stereocenters. The van der Waals surface area contributed by atoms with Crippen LogP contribution in [0.4, 0.5) is 0 Å². The van der Waals surface area contributed by atoms with Crippen molar-refractivity contribution >= 4 is 5.91 Å². The maximum atomic E-state index is 12.0. The third-order valence-corrected chi connectivity index (χ3v) is 3.13. The lowest BCUT2D eigenvalue weighted by molar-refractivity contribution is -0.130. The van der Waals surface area contributed by atoms with Gasteiger partial charge in [0.15, 0.2) is 0 Å². The molecule has 5 nitrogen and oxygen atoms in total. The summed E-state index contributed by atoms with van der Waals surface area (Å²) in [5.41, 5.74) is 0. The van der Waals surface area contributed by atoms with E-state index in [9.17, 15) is 4.79 Å². The molecule has 1 aliphatic rings. The van der Waals surface area contributed by atoms with Gasteiger partial charge in [0, 0.05) is 19.6 Å². The predicted molar refractivity (Wildman–Crippen MR) is 72.7 cm³/mol. The fourth-order valence-corrected chi connectivity index (χ4v) is 1.99. The van der Waals surface area contributed by atoms with Crippen LogP contribution in [0.3, 0.4) is 0 Å². The number of amides is 1. The first-order valence-electron chi connectivity index (χ1n) is 6.89. The van der Waals surface area contributed by atoms with Crippen LogP contribution < -0.4 is 5.32 Å². The van der Waals surface area contributed by atoms with Crippen LogP contribution in [-0.4, -0.2) is 75.2 Å². The normalized spacial score (nSPS) is 20.1. The lowest BCUT2D eigenvalue weighted by Gasteiger charge is -2.17. The monoisotopic (exact) mass is 257 g/mol. The molecule has 1 saturated heterocycles. The number of carbonyl (C=O) groups excluding carboxylic acids is 1. The zero-order valence-electron chi connectivity index (χ0n) is 11.9. The van der Waals surface area contributed by atoms with Crippen molar-refractivity contribution in [3.05, 3.63) is 0 Å². The van der Waals surface area contributed by atoms with Crippen molar-refractivity contribution in [3.63, 3.8) is 0 Å². The Morgan fingerprint density at radius 3 is 2.89 bits per heavy atom. The molecule has 0 aromatic heterocycles. The third kappa shape index (κ3) is 5.33. The average molecular weight is 257 g/mol. The zero-order chi connectivity index (χ0) is 13.4. The Bertz CT molecular complexity index is 246. The van der Waals surface area contributed by atoms with Gasteiger partial charge in [-0.25, -0.2) is 0 Å². The highest BCUT2D eigenvalue weighted by molar-refractivity contribution is 5.83. The lowest BCUT2D eigenvalue weighted by atomic mass is 10.2. The summed E-state index contributed by atoms with van der Waals surface area (Å²) >= 11 is 0. The van der Waals surface area contributed by atoms with Crippen molar-refractivity contribution in [1.29, 1.82) is 0 Å². The van der Waals surface area contributed by atoms with Gasteiger partial charge in [0.05, 0.1) is 19.3 Å². The molecule has 0 aromatic carbocycles. The lowest BCUT2D eigenvalue weighted by Crippen LogP contribution is -2.39. The van der Waals surface area contributed by atoms with Gasteiger partial charge in [-0.2, -0.15) is 0 Å². The highest BCUT2D eigenvalue weighted by atomic mass is 16.5. The van der Waals surface area contributed by atoms with Gasteiger partial charge in [0.25, 0.3) is 0 Å². The Balaban J connectivity index is 2.10. The summed E-state index contributed by atoms with van der Waals surface area (Å²) in [5, 5.41) is 3.29. The second kappa shape index (κ2) is 8.45. The maximum absolute atomic E-state index is 12.0. The van der Waals surface area contributed by atoms with Gasteiger partial charge in [-0.05, 0) is 33.5 Å². The van der Waals surface area contributed by atoms with E-state index in [0.717, 1.165) is 45.6 Å². The Labute approximate surface area is 110 Å². The fourth-order valence-electron chi connectivity index (χ4n) is 1.99. The van der Waals surface area contributed by atoms with E-state index in [-0.39, 0.29) is 11.9 Å². The van der Waals surface area contributed by atoms with Gasteiger partial charge in [0.1, 0.15) is 0 Å². The van der Waals surface area contributed by atoms with Gasteiger partial charge < -0.3 is 19.9 Å². The van der Waals surface area contributed by atoms with E-state index in [0.29, 0.717) is 6.61 Å². The summed E-state index contributed by atoms with van der Waals surface area (Å²) < 4.78 is 5.52. The summed E-state index contributed by atoms with van der Waals surface area (Å²) in [5.74, 6) is 0.236. The molecule has 0 bridgehead atoms. The van der Waals surface area contributed by atoms with E-state index in [4.69, 9.17) is 4.74 Å². The molecule has 1 N–H and O–H groups in total. The van der Waals surface area contributed by atoms with Crippen molar-refractivity contribution in [2.45, 2.75) is 25.8 Å². The molecule has 1 fully saturated rings. The molecule has 0 radical (unpaired) electrons. The standard InChI is InChI=1S/C13H27N3O2/c1-4-6-14-12-5-7-16(13(12)17)9-11-18-10-8-15(2)3/h12,14H,4-11H2,1-3H3. The van der Waals surface area contributed by atoms with Gasteiger partial charge in [-0.3, -0.25) is 4.79 Å². The van der Waals surface area contributed by atoms with Crippen LogP contribution >= 0.6 is 0 Å². The Morgan fingerprint density at radius 2 is 2.22 bits per heavy atom. The Hall–Kier alpha value is -0.650. The number of hydrogen-bond acceptors (Lipinski definition) is 4. The Morgan fingerprint density at radius 1 is 1.44 bits per heavy atom. The number of carbonyl (C=O) groups is 1. The smallest absolute Gasteiger partial charge is 0.239 e. The molecular formula is C13H27N3O2. The average Bonchev–Trinajstić information content (AvgIpc) is 2.67. The van der Waals surface area contributed by atoms with Crippen molar-refractivity contribution in [3.8, 4) is 0 Å². The maximum Gasteiger partial charge on any atom is 0.239 e. The van der Waals surface area contributed by atoms with Crippen molar-refractivity contribution < 1.29 is 9.53 Å². The second-order valence-electron chi connectivity index (χ2n) is 5.04. The van der Waals surface area contributed by atoms with E-state index in [1.807, 2.05) is 19.0 Å². The van der Waals surface area contributed by atoms with E-state index >= 15 is 0 Å². The predicted octanol–water partition coefficient (Wildman–Crippen LogP) is 0.165. The largest absolute Gasteiger partial charge is 0.378 e. The molecular weight excluding hydrogens is 230 g/mol. The van der Waals surface area contributed by atoms with Crippen molar-refractivity contribution in [1.82, 2.24) is 15.1 Å². The molecule has 18 heavy (non-hydrogen) atoms. The summed E-state index contributed by atoms with van der Waals surface area (Å²) in [6.45, 7) is 6.90. The third-order valence-electron chi connectivity index (χ3n) is 3.13. The molecule has 0 saturated carbocycles. The van der Waals surface area contributed by atoms with E-state index < -0.39 is 0 Å². The first kappa shape index (κ1) is 15.4. The van der Waals surface area contributed by atoms with Crippen LogP contribution in [0.5, 0.6) is 0 Å². The van der Waals surface area contributed by atoms with Crippen LogP contribution in [0.25, 0.3) is 0 Å². The summed E-state index contributed by atoms with van der Waals surface area (Å²) in [4.78, 5) is 16.0. The molecule has 5 heteroatoms. The summed E-state index contributed by atoms with van der Waals surface area (Å²) in [6, 6.07) is 0.0340. The van der Waals surface area contributed by atoms with E-state index in [1.54, 1.807) is 0 Å². The number of ether oxygens (including phenoxy) is 1. The second-order valence-corrected chi connectivity index (χ2v) is 5.04. The molecule has 0 aromatic rings. The number of likely N-dealkylation sites (N-methyl/N-ethyl adjacent to an activating group) is 1. The first-order valence-corrected chi connectivity index (χ1v) is 6.89. The topological polar surface area (TPSA) is 44.8 Å². The highest BCUT2D eigenvalue weighted by Gasteiger charge is 2.30. The summed E-state index contributed by atoms with van der Waals surface area (Å²) in [6.07, 6.45) is 1.99. The quantitative estimate of drug-likeness (QED) is 0.598. The number of rotatable bonds is 9. The molecule has 1 heterocycles. The number of nitrogens with zero attached hydrogens (tertiary/aromatic N) is 2. The van der Waals surface area contributed by atoms with Crippen molar-refractivity contribution in [2.24, 2.45) is 0 Å². The number of hydrogen-bond donors (Lipinski definition) is 1. The van der Waals surface area contributed by atoms with E-state index in [2.05, 4.69) is 17.1 Å². The highest BCUT2D eigenvalue weighted by Crippen LogP contribution is 2.10. The zero-order valence-corrected chi connectivity index (χ0v) is 11.9. The van der Waals surface area contributed by atoms with Gasteiger partial charge in [-0.15, -0.1) is 0 Å². The molecule has 1 aliphatic heterocycles. The van der Waals surface area contributed by atoms with Crippen LogP contribution in [0, 0.1) is 0 Å². The Kier molecular flexibility index (Phi) is 7.23. The van der Waals surface area contributed by atoms with Crippen LogP contribution in [0.1, 0.15) is 19.8 Å². The SMILES string of the molecule is CCCNC1CCN(CCOCCN(C)C)C1=O. The summed E-state index contributed by atoms with van der Waals surface area (Å²) in [7, 11) is 4.05. The van der Waals surface area contributed by atoms with Crippen LogP contribution in [0.2, 0.25) is 0 Å². The molecule has 1 rings (SSSR count). The molecule has 106 valence electrons. The fraction of sp³-hybridized carbons (Fsp3) is 0.923. The first-order chi connectivity index (χ1) is 8.65. The van der Waals surface area contributed by atoms with Gasteiger partial charge >= 0.3 is 0 Å². The van der Waals surface area contributed by atoms with Gasteiger partial charge in [0.2, 0.25) is 5.91 Å².